The number of nitrogens with zero attached hydrogens (tertiary/aromatic N) is 3. The van der Waals surface area contributed by atoms with Gasteiger partial charge in [-0.3, -0.25) is 4.57 Å². The van der Waals surface area contributed by atoms with Crippen molar-refractivity contribution in [1.29, 1.82) is 0 Å². The molecule has 1 fully saturated rings. The van der Waals surface area contributed by atoms with Crippen molar-refractivity contribution in [2.75, 3.05) is 0 Å². The standard InChI is InChI=1S/C2N3OP/c6-7-1-3-2(7)5(7)4-1. The first-order valence-corrected chi connectivity index (χ1v) is 3.58. The van der Waals surface area contributed by atoms with E-state index in [1.54, 1.807) is 0 Å². The first-order chi connectivity index (χ1) is 3.33. The summed E-state index contributed by atoms with van der Waals surface area (Å²) in [4.78, 5) is 3.77. The number of hydrogen-bond acceptors (Lipinski definition) is 3. The highest BCUT2D eigenvalue weighted by molar-refractivity contribution is 8.06. The van der Waals surface area contributed by atoms with Crippen molar-refractivity contribution in [1.82, 2.24) is 4.78 Å². The molecule has 1 unspecified atom stereocenters. The van der Waals surface area contributed by atoms with Crippen LogP contribution in [0.2, 0.25) is 0 Å². The van der Waals surface area contributed by atoms with Gasteiger partial charge in [0, 0.05) is 0 Å². The van der Waals surface area contributed by atoms with Crippen LogP contribution in [0, 0.1) is 0 Å². The molecule has 0 aromatic carbocycles. The molecule has 0 bridgehead atoms. The highest BCUT2D eigenvalue weighted by Crippen LogP contribution is 2.82. The Morgan fingerprint density at radius 2 is 2.57 bits per heavy atom. The number of hydrazone groups is 1. The molecule has 3 aliphatic heterocycles. The van der Waals surface area contributed by atoms with Crippen LogP contribution in [-0.4, -0.2) is 15.9 Å². The maximum Gasteiger partial charge on any atom is 0.324 e. The maximum atomic E-state index is 10.8. The molecule has 3 heterocycles. The van der Waals surface area contributed by atoms with Crippen LogP contribution in [0.3, 0.4) is 0 Å². The van der Waals surface area contributed by atoms with Crippen LogP contribution in [0.1, 0.15) is 0 Å². The van der Waals surface area contributed by atoms with Crippen molar-refractivity contribution in [3.8, 4) is 0 Å². The molecule has 0 saturated carbocycles. The molecule has 3 rings (SSSR count). The molecule has 0 N–H and O–H groups in total. The van der Waals surface area contributed by atoms with E-state index in [1.807, 2.05) is 0 Å². The largest absolute Gasteiger partial charge is 0.324 e. The van der Waals surface area contributed by atoms with Gasteiger partial charge in [0.2, 0.25) is 11.2 Å². The summed E-state index contributed by atoms with van der Waals surface area (Å²) < 4.78 is 12.3. The molecular weight excluding hydrogens is 113 g/mol. The van der Waals surface area contributed by atoms with Crippen molar-refractivity contribution >= 4 is 18.4 Å². The number of amidine groups is 2. The van der Waals surface area contributed by atoms with E-state index in [-0.39, 0.29) is 0 Å². The molecular formula is C2N3OP. The van der Waals surface area contributed by atoms with Crippen LogP contribution in [0.5, 0.6) is 0 Å². The molecule has 0 aliphatic carbocycles. The molecule has 5 heteroatoms. The van der Waals surface area contributed by atoms with Crippen LogP contribution in [0.25, 0.3) is 0 Å². The summed E-state index contributed by atoms with van der Waals surface area (Å²) in [5.74, 6) is 0. The highest BCUT2D eigenvalue weighted by Gasteiger charge is 2.76. The van der Waals surface area contributed by atoms with Crippen molar-refractivity contribution in [2.24, 2.45) is 10.1 Å². The Kier molecular flexibility index (Phi) is 0.143. The molecule has 0 amide bonds. The van der Waals surface area contributed by atoms with Crippen molar-refractivity contribution in [3.05, 3.63) is 0 Å². The minimum atomic E-state index is -1.96. The molecule has 0 radical (unpaired) electrons. The van der Waals surface area contributed by atoms with Gasteiger partial charge in [-0.25, -0.2) is 0 Å². The summed E-state index contributed by atoms with van der Waals surface area (Å²) in [6, 6.07) is 0. The Bertz CT molecular complexity index is 277. The zero-order valence-electron chi connectivity index (χ0n) is 3.20. The predicted octanol–water partition coefficient (Wildman–Crippen LogP) is 0.234. The lowest BCUT2D eigenvalue weighted by Crippen LogP contribution is -2.00. The number of hydrogen-bond donors (Lipinski definition) is 0. The fourth-order valence-corrected chi connectivity index (χ4v) is 2.48. The van der Waals surface area contributed by atoms with E-state index in [1.165, 1.54) is 4.78 Å². The van der Waals surface area contributed by atoms with Crippen molar-refractivity contribution in [3.63, 3.8) is 0 Å². The lowest BCUT2D eigenvalue weighted by atomic mass is 11.2. The van der Waals surface area contributed by atoms with Gasteiger partial charge >= 0.3 is 7.29 Å². The molecule has 34 valence electrons. The topological polar surface area (TPSA) is 44.8 Å². The first kappa shape index (κ1) is 2.62. The smallest absolute Gasteiger partial charge is 0.281 e. The average Bonchev–Trinajstić information content (AvgIpc) is 2.27. The van der Waals surface area contributed by atoms with Crippen LogP contribution in [-0.2, 0) is 4.57 Å². The van der Waals surface area contributed by atoms with Gasteiger partial charge in [-0.05, 0) is 0 Å². The third kappa shape index (κ3) is 0.0814. The Morgan fingerprint density at radius 3 is 2.57 bits per heavy atom. The SMILES string of the molecule is O=P12C3=NN1C2=N3. The van der Waals surface area contributed by atoms with Crippen molar-refractivity contribution < 1.29 is 4.57 Å². The molecule has 7 heavy (non-hydrogen) atoms. The third-order valence-electron chi connectivity index (χ3n) is 1.33. The van der Waals surface area contributed by atoms with Gasteiger partial charge in [0.15, 0.2) is 0 Å². The second kappa shape index (κ2) is 0.383. The fourth-order valence-electron chi connectivity index (χ4n) is 0.821. The van der Waals surface area contributed by atoms with E-state index in [2.05, 4.69) is 10.1 Å². The number of rotatable bonds is 0. The van der Waals surface area contributed by atoms with E-state index >= 15 is 0 Å². The lowest BCUT2D eigenvalue weighted by Gasteiger charge is -2.03. The van der Waals surface area contributed by atoms with Gasteiger partial charge in [0.1, 0.15) is 0 Å². The zero-order valence-corrected chi connectivity index (χ0v) is 4.09. The molecule has 0 aromatic heterocycles. The minimum Gasteiger partial charge on any atom is -0.281 e. The molecule has 0 aromatic rings. The van der Waals surface area contributed by atoms with Crippen LogP contribution >= 0.6 is 7.29 Å². The van der Waals surface area contributed by atoms with E-state index in [9.17, 15) is 4.57 Å². The van der Waals surface area contributed by atoms with Crippen molar-refractivity contribution in [2.45, 2.75) is 0 Å². The summed E-state index contributed by atoms with van der Waals surface area (Å²) in [5, 5.41) is 3.73. The first-order valence-electron chi connectivity index (χ1n) is 1.92. The van der Waals surface area contributed by atoms with Gasteiger partial charge in [-0.15, -0.1) is 5.10 Å². The minimum absolute atomic E-state index is 0.586. The summed E-state index contributed by atoms with van der Waals surface area (Å²) in [7, 11) is -1.96. The molecule has 1 atom stereocenters. The van der Waals surface area contributed by atoms with Gasteiger partial charge in [0.05, 0.1) is 0 Å². The number of fused-ring (bicyclic) bond motifs is 1. The summed E-state index contributed by atoms with van der Waals surface area (Å²) in [6.07, 6.45) is 0. The van der Waals surface area contributed by atoms with E-state index in [0.29, 0.717) is 5.58 Å². The molecule has 0 spiro atoms. The van der Waals surface area contributed by atoms with Gasteiger partial charge in [0.25, 0.3) is 0 Å². The lowest BCUT2D eigenvalue weighted by molar-refractivity contribution is 0.569. The van der Waals surface area contributed by atoms with Gasteiger partial charge in [-0.2, -0.15) is 9.77 Å². The fraction of sp³-hybridized carbons (Fsp3) is 0. The van der Waals surface area contributed by atoms with Crippen LogP contribution in [0.4, 0.5) is 0 Å². The normalized spacial score (nSPS) is 47.7. The van der Waals surface area contributed by atoms with Gasteiger partial charge < -0.3 is 0 Å². The quantitative estimate of drug-likeness (QED) is 0.333. The monoisotopic (exact) mass is 113 g/mol. The maximum absolute atomic E-state index is 10.8. The predicted molar refractivity (Wildman–Crippen MR) is 24.3 cm³/mol. The van der Waals surface area contributed by atoms with Crippen LogP contribution in [0.15, 0.2) is 10.1 Å². The highest BCUT2D eigenvalue weighted by atomic mass is 31.2. The Balaban J connectivity index is 2.74. The molecule has 1 saturated heterocycles. The molecule has 4 nitrogen and oxygen atoms in total. The average molecular weight is 113 g/mol. The third-order valence-corrected chi connectivity index (χ3v) is 3.52. The summed E-state index contributed by atoms with van der Waals surface area (Å²) >= 11 is 0. The Labute approximate surface area is 39.0 Å². The number of aliphatic imine (C=N–C) groups is 1. The van der Waals surface area contributed by atoms with E-state index < -0.39 is 7.29 Å². The second-order valence-electron chi connectivity index (χ2n) is 1.68. The summed E-state index contributed by atoms with van der Waals surface area (Å²) in [6.45, 7) is 0. The van der Waals surface area contributed by atoms with E-state index in [4.69, 9.17) is 0 Å². The van der Waals surface area contributed by atoms with Crippen LogP contribution < -0.4 is 0 Å². The van der Waals surface area contributed by atoms with Gasteiger partial charge in [-0.1, -0.05) is 0 Å². The Morgan fingerprint density at radius 1 is 1.71 bits per heavy atom. The Hall–Kier alpha value is -0.630. The zero-order chi connectivity index (χ0) is 4.65. The summed E-state index contributed by atoms with van der Waals surface area (Å²) in [5.41, 5.74) is 1.31. The molecule has 3 aliphatic rings. The second-order valence-corrected chi connectivity index (χ2v) is 4.01. The van der Waals surface area contributed by atoms with E-state index in [0.717, 1.165) is 5.58 Å².